The SMILES string of the molecule is COC1CCCCC1(CN)NN1CCOCC1. The van der Waals surface area contributed by atoms with Gasteiger partial charge in [-0.15, -0.1) is 0 Å². The molecule has 5 nitrogen and oxygen atoms in total. The lowest BCUT2D eigenvalue weighted by atomic mass is 9.79. The Balaban J connectivity index is 2.00. The third kappa shape index (κ3) is 2.98. The Morgan fingerprint density at radius 1 is 1.41 bits per heavy atom. The molecule has 0 aromatic heterocycles. The molecule has 5 heteroatoms. The molecule has 0 aromatic rings. The summed E-state index contributed by atoms with van der Waals surface area (Å²) in [4.78, 5) is 0. The Hall–Kier alpha value is -0.200. The van der Waals surface area contributed by atoms with Crippen molar-refractivity contribution in [1.29, 1.82) is 0 Å². The second kappa shape index (κ2) is 6.11. The van der Waals surface area contributed by atoms with E-state index in [-0.39, 0.29) is 11.6 Å². The fourth-order valence-electron chi connectivity index (χ4n) is 2.95. The Morgan fingerprint density at radius 3 is 2.82 bits per heavy atom. The number of methoxy groups -OCH3 is 1. The van der Waals surface area contributed by atoms with Gasteiger partial charge in [0, 0.05) is 26.7 Å². The molecule has 2 unspecified atom stereocenters. The van der Waals surface area contributed by atoms with E-state index >= 15 is 0 Å². The molecule has 1 aliphatic heterocycles. The Bertz CT molecular complexity index is 234. The van der Waals surface area contributed by atoms with Crippen molar-refractivity contribution in [3.05, 3.63) is 0 Å². The van der Waals surface area contributed by atoms with E-state index in [1.807, 2.05) is 0 Å². The number of hydrogen-bond acceptors (Lipinski definition) is 5. The van der Waals surface area contributed by atoms with E-state index < -0.39 is 0 Å². The lowest BCUT2D eigenvalue weighted by molar-refractivity contribution is -0.0716. The van der Waals surface area contributed by atoms with Gasteiger partial charge >= 0.3 is 0 Å². The van der Waals surface area contributed by atoms with Gasteiger partial charge in [-0.05, 0) is 12.8 Å². The minimum atomic E-state index is -0.0790. The fraction of sp³-hybridized carbons (Fsp3) is 1.00. The molecule has 3 N–H and O–H groups in total. The van der Waals surface area contributed by atoms with Crippen molar-refractivity contribution in [3.8, 4) is 0 Å². The van der Waals surface area contributed by atoms with E-state index in [9.17, 15) is 0 Å². The quantitative estimate of drug-likeness (QED) is 0.734. The van der Waals surface area contributed by atoms with Gasteiger partial charge in [0.15, 0.2) is 0 Å². The zero-order valence-electron chi connectivity index (χ0n) is 10.8. The van der Waals surface area contributed by atoms with E-state index in [1.54, 1.807) is 7.11 Å². The first-order chi connectivity index (χ1) is 8.30. The van der Waals surface area contributed by atoms with E-state index in [2.05, 4.69) is 10.4 Å². The predicted octanol–water partition coefficient (Wildman–Crippen LogP) is 0.110. The van der Waals surface area contributed by atoms with Crippen LogP contribution in [0.1, 0.15) is 25.7 Å². The standard InChI is InChI=1S/C12H25N3O2/c1-16-11-4-2-3-5-12(11,10-13)14-15-6-8-17-9-7-15/h11,14H,2-10,13H2,1H3. The smallest absolute Gasteiger partial charge is 0.0778 e. The van der Waals surface area contributed by atoms with Gasteiger partial charge in [0.05, 0.1) is 24.9 Å². The molecule has 2 rings (SSSR count). The van der Waals surface area contributed by atoms with Gasteiger partial charge in [0.1, 0.15) is 0 Å². The van der Waals surface area contributed by atoms with Crippen molar-refractivity contribution in [2.24, 2.45) is 5.73 Å². The van der Waals surface area contributed by atoms with Crippen molar-refractivity contribution in [2.45, 2.75) is 37.3 Å². The van der Waals surface area contributed by atoms with Crippen molar-refractivity contribution in [3.63, 3.8) is 0 Å². The monoisotopic (exact) mass is 243 g/mol. The van der Waals surface area contributed by atoms with Crippen LogP contribution in [-0.2, 0) is 9.47 Å². The molecule has 1 saturated heterocycles. The van der Waals surface area contributed by atoms with Gasteiger partial charge in [-0.25, -0.2) is 10.4 Å². The van der Waals surface area contributed by atoms with Crippen LogP contribution in [0.5, 0.6) is 0 Å². The summed E-state index contributed by atoms with van der Waals surface area (Å²) in [5.41, 5.74) is 9.57. The second-order valence-corrected chi connectivity index (χ2v) is 5.04. The molecule has 1 saturated carbocycles. The largest absolute Gasteiger partial charge is 0.379 e. The van der Waals surface area contributed by atoms with E-state index in [1.165, 1.54) is 12.8 Å². The Labute approximate surface area is 104 Å². The van der Waals surface area contributed by atoms with Crippen molar-refractivity contribution in [2.75, 3.05) is 40.0 Å². The van der Waals surface area contributed by atoms with Crippen LogP contribution >= 0.6 is 0 Å². The third-order valence-electron chi connectivity index (χ3n) is 4.00. The highest BCUT2D eigenvalue weighted by Crippen LogP contribution is 2.30. The Kier molecular flexibility index (Phi) is 4.76. The normalized spacial score (nSPS) is 36.0. The average Bonchev–Trinajstić information content (AvgIpc) is 2.40. The summed E-state index contributed by atoms with van der Waals surface area (Å²) in [5, 5.41) is 2.24. The molecule has 0 amide bonds. The molecule has 2 fully saturated rings. The minimum absolute atomic E-state index is 0.0790. The number of nitrogens with zero attached hydrogens (tertiary/aromatic N) is 1. The molecule has 0 bridgehead atoms. The molecule has 0 radical (unpaired) electrons. The topological polar surface area (TPSA) is 59.8 Å². The molecule has 2 atom stereocenters. The van der Waals surface area contributed by atoms with Crippen LogP contribution in [0.3, 0.4) is 0 Å². The first-order valence-electron chi connectivity index (χ1n) is 6.64. The summed E-state index contributed by atoms with van der Waals surface area (Å²) in [6.45, 7) is 4.08. The molecular weight excluding hydrogens is 218 g/mol. The first kappa shape index (κ1) is 13.2. The van der Waals surface area contributed by atoms with E-state index in [0.29, 0.717) is 6.54 Å². The van der Waals surface area contributed by atoms with Crippen LogP contribution < -0.4 is 11.2 Å². The summed E-state index contributed by atoms with van der Waals surface area (Å²) >= 11 is 0. The number of ether oxygens (including phenoxy) is 2. The second-order valence-electron chi connectivity index (χ2n) is 5.04. The maximum absolute atomic E-state index is 6.02. The number of nitrogens with two attached hydrogens (primary N) is 1. The van der Waals surface area contributed by atoms with Crippen LogP contribution in [0.4, 0.5) is 0 Å². The number of hydrazine groups is 1. The molecule has 100 valence electrons. The molecule has 17 heavy (non-hydrogen) atoms. The summed E-state index contributed by atoms with van der Waals surface area (Å²) in [6, 6.07) is 0. The van der Waals surface area contributed by atoms with Gasteiger partial charge in [-0.3, -0.25) is 0 Å². The third-order valence-corrected chi connectivity index (χ3v) is 4.00. The molecule has 1 aliphatic carbocycles. The molecule has 1 heterocycles. The lowest BCUT2D eigenvalue weighted by Gasteiger charge is -2.46. The number of nitrogens with one attached hydrogen (secondary N) is 1. The zero-order valence-corrected chi connectivity index (χ0v) is 10.8. The minimum Gasteiger partial charge on any atom is -0.379 e. The van der Waals surface area contributed by atoms with Gasteiger partial charge in [0.2, 0.25) is 0 Å². The van der Waals surface area contributed by atoms with E-state index in [4.69, 9.17) is 15.2 Å². The van der Waals surface area contributed by atoms with Gasteiger partial charge in [-0.2, -0.15) is 0 Å². The van der Waals surface area contributed by atoms with Crippen LogP contribution in [0.2, 0.25) is 0 Å². The van der Waals surface area contributed by atoms with Crippen LogP contribution in [0.25, 0.3) is 0 Å². The number of hydrogen-bond donors (Lipinski definition) is 2. The number of morpholine rings is 1. The van der Waals surface area contributed by atoms with Crippen LogP contribution in [-0.4, -0.2) is 56.6 Å². The van der Waals surface area contributed by atoms with Crippen molar-refractivity contribution in [1.82, 2.24) is 10.4 Å². The lowest BCUT2D eigenvalue weighted by Crippen LogP contribution is -2.67. The average molecular weight is 243 g/mol. The predicted molar refractivity (Wildman–Crippen MR) is 66.6 cm³/mol. The highest BCUT2D eigenvalue weighted by Gasteiger charge is 2.41. The maximum Gasteiger partial charge on any atom is 0.0778 e. The molecule has 0 spiro atoms. The van der Waals surface area contributed by atoms with Crippen molar-refractivity contribution < 1.29 is 9.47 Å². The van der Waals surface area contributed by atoms with Gasteiger partial charge in [0.25, 0.3) is 0 Å². The summed E-state index contributed by atoms with van der Waals surface area (Å²) < 4.78 is 11.0. The van der Waals surface area contributed by atoms with Crippen LogP contribution in [0, 0.1) is 0 Å². The van der Waals surface area contributed by atoms with Crippen molar-refractivity contribution >= 4 is 0 Å². The highest BCUT2D eigenvalue weighted by atomic mass is 16.5. The zero-order chi connectivity index (χ0) is 12.1. The summed E-state index contributed by atoms with van der Waals surface area (Å²) in [7, 11) is 1.79. The van der Waals surface area contributed by atoms with Gasteiger partial charge < -0.3 is 15.2 Å². The fourth-order valence-corrected chi connectivity index (χ4v) is 2.95. The Morgan fingerprint density at radius 2 is 2.18 bits per heavy atom. The highest BCUT2D eigenvalue weighted by molar-refractivity contribution is 4.98. The summed E-state index contributed by atoms with van der Waals surface area (Å²) in [6.07, 6.45) is 4.90. The van der Waals surface area contributed by atoms with Crippen LogP contribution in [0.15, 0.2) is 0 Å². The first-order valence-corrected chi connectivity index (χ1v) is 6.64. The van der Waals surface area contributed by atoms with Gasteiger partial charge in [-0.1, -0.05) is 12.8 Å². The number of rotatable bonds is 4. The molecule has 2 aliphatic rings. The van der Waals surface area contributed by atoms with E-state index in [0.717, 1.165) is 39.1 Å². The summed E-state index contributed by atoms with van der Waals surface area (Å²) in [5.74, 6) is 0. The molecule has 0 aromatic carbocycles. The molecular formula is C12H25N3O2. The maximum atomic E-state index is 6.02.